The predicted molar refractivity (Wildman–Crippen MR) is 107 cm³/mol. The number of carbonyl (C=O) groups is 2. The molecule has 1 aromatic rings. The van der Waals surface area contributed by atoms with Crippen molar-refractivity contribution >= 4 is 17.6 Å². The van der Waals surface area contributed by atoms with Gasteiger partial charge in [-0.3, -0.25) is 9.69 Å². The number of carbonyl (C=O) groups excluding carboxylic acids is 2. The summed E-state index contributed by atoms with van der Waals surface area (Å²) in [6.45, 7) is 4.33. The number of urea groups is 1. The molecule has 1 N–H and O–H groups in total. The van der Waals surface area contributed by atoms with Crippen molar-refractivity contribution in [1.82, 2.24) is 10.2 Å². The Morgan fingerprint density at radius 1 is 1.11 bits per heavy atom. The molecule has 2 atom stereocenters. The van der Waals surface area contributed by atoms with E-state index < -0.39 is 0 Å². The molecule has 27 heavy (non-hydrogen) atoms. The minimum atomic E-state index is -0.0317. The Bertz CT molecular complexity index is 716. The Kier molecular flexibility index (Phi) is 5.37. The van der Waals surface area contributed by atoms with Crippen LogP contribution in [-0.2, 0) is 6.42 Å². The van der Waals surface area contributed by atoms with Crippen molar-refractivity contribution in [3.05, 3.63) is 29.3 Å². The van der Waals surface area contributed by atoms with Gasteiger partial charge in [0.05, 0.1) is 0 Å². The van der Waals surface area contributed by atoms with Gasteiger partial charge < -0.3 is 10.2 Å². The summed E-state index contributed by atoms with van der Waals surface area (Å²) in [6.07, 6.45) is 9.16. The van der Waals surface area contributed by atoms with E-state index in [0.717, 1.165) is 49.0 Å². The molecule has 0 radical (unpaired) electrons. The number of likely N-dealkylation sites (tertiary alicyclic amines) is 1. The summed E-state index contributed by atoms with van der Waals surface area (Å²) < 4.78 is 0. The molecule has 1 saturated heterocycles. The lowest BCUT2D eigenvalue weighted by Gasteiger charge is -2.44. The van der Waals surface area contributed by atoms with Gasteiger partial charge in [-0.1, -0.05) is 19.8 Å². The van der Waals surface area contributed by atoms with Crippen molar-refractivity contribution < 1.29 is 9.59 Å². The average molecular weight is 370 g/mol. The molecule has 2 aliphatic heterocycles. The van der Waals surface area contributed by atoms with Crippen molar-refractivity contribution in [2.45, 2.75) is 64.3 Å². The second-order valence-electron chi connectivity index (χ2n) is 8.23. The van der Waals surface area contributed by atoms with Gasteiger partial charge in [0.25, 0.3) is 5.91 Å². The first-order chi connectivity index (χ1) is 13.2. The highest BCUT2D eigenvalue weighted by Gasteiger charge is 2.36. The molecular formula is C22H31N3O2. The van der Waals surface area contributed by atoms with Crippen molar-refractivity contribution in [2.24, 2.45) is 5.92 Å². The molecule has 5 nitrogen and oxygen atoms in total. The van der Waals surface area contributed by atoms with E-state index in [9.17, 15) is 9.59 Å². The number of benzene rings is 1. The van der Waals surface area contributed by atoms with Crippen LogP contribution in [0.2, 0.25) is 0 Å². The highest BCUT2D eigenvalue weighted by atomic mass is 16.2. The lowest BCUT2D eigenvalue weighted by atomic mass is 9.78. The first-order valence-corrected chi connectivity index (χ1v) is 10.7. The summed E-state index contributed by atoms with van der Waals surface area (Å²) in [4.78, 5) is 29.5. The van der Waals surface area contributed by atoms with Crippen molar-refractivity contribution in [3.8, 4) is 0 Å². The third-order valence-corrected chi connectivity index (χ3v) is 6.50. The molecule has 1 aliphatic carbocycles. The Morgan fingerprint density at radius 3 is 2.78 bits per heavy atom. The fourth-order valence-electron chi connectivity index (χ4n) is 5.12. The van der Waals surface area contributed by atoms with Crippen LogP contribution in [0.15, 0.2) is 18.2 Å². The van der Waals surface area contributed by atoms with E-state index in [0.29, 0.717) is 25.0 Å². The highest BCUT2D eigenvalue weighted by Crippen LogP contribution is 2.36. The fourth-order valence-corrected chi connectivity index (χ4v) is 5.12. The number of hydrogen-bond acceptors (Lipinski definition) is 2. The minimum absolute atomic E-state index is 0.0317. The Labute approximate surface area is 162 Å². The molecule has 1 saturated carbocycles. The SMILES string of the molecule is CCCNC(=O)N1CCc2cc(C(=O)N3CCC[C@H]4CCCCC43)ccc21. The highest BCUT2D eigenvalue weighted by molar-refractivity contribution is 5.98. The summed E-state index contributed by atoms with van der Waals surface area (Å²) in [5.41, 5.74) is 2.86. The van der Waals surface area contributed by atoms with Crippen LogP contribution in [0.25, 0.3) is 0 Å². The average Bonchev–Trinajstić information content (AvgIpc) is 3.14. The molecule has 146 valence electrons. The van der Waals surface area contributed by atoms with E-state index in [1.807, 2.05) is 25.1 Å². The molecule has 2 heterocycles. The van der Waals surface area contributed by atoms with Gasteiger partial charge in [-0.15, -0.1) is 0 Å². The smallest absolute Gasteiger partial charge is 0.321 e. The molecule has 1 aromatic carbocycles. The van der Waals surface area contributed by atoms with Gasteiger partial charge in [0.1, 0.15) is 0 Å². The number of piperidine rings is 1. The lowest BCUT2D eigenvalue weighted by Crippen LogP contribution is -2.49. The molecule has 2 fully saturated rings. The number of amides is 3. The molecular weight excluding hydrogens is 338 g/mol. The number of nitrogens with zero attached hydrogens (tertiary/aromatic N) is 2. The molecule has 5 heteroatoms. The Hall–Kier alpha value is -2.04. The number of hydrogen-bond donors (Lipinski definition) is 1. The molecule has 3 aliphatic rings. The van der Waals surface area contributed by atoms with Crippen LogP contribution in [0.1, 0.15) is 67.8 Å². The predicted octanol–water partition coefficient (Wildman–Crippen LogP) is 3.96. The maximum atomic E-state index is 13.2. The largest absolute Gasteiger partial charge is 0.338 e. The maximum absolute atomic E-state index is 13.2. The zero-order chi connectivity index (χ0) is 18.8. The van der Waals surface area contributed by atoms with Gasteiger partial charge >= 0.3 is 6.03 Å². The Morgan fingerprint density at radius 2 is 1.93 bits per heavy atom. The van der Waals surface area contributed by atoms with Gasteiger partial charge in [-0.25, -0.2) is 4.79 Å². The monoisotopic (exact) mass is 369 g/mol. The molecule has 0 bridgehead atoms. The number of fused-ring (bicyclic) bond motifs is 2. The zero-order valence-corrected chi connectivity index (χ0v) is 16.4. The van der Waals surface area contributed by atoms with Gasteiger partial charge in [0.15, 0.2) is 0 Å². The molecule has 0 aromatic heterocycles. The first-order valence-electron chi connectivity index (χ1n) is 10.7. The van der Waals surface area contributed by atoms with Crippen LogP contribution in [0.5, 0.6) is 0 Å². The number of anilines is 1. The summed E-state index contributed by atoms with van der Waals surface area (Å²) in [6, 6.07) is 6.31. The van der Waals surface area contributed by atoms with Crippen molar-refractivity contribution in [1.29, 1.82) is 0 Å². The summed E-state index contributed by atoms with van der Waals surface area (Å²) in [7, 11) is 0. The third-order valence-electron chi connectivity index (χ3n) is 6.50. The topological polar surface area (TPSA) is 52.7 Å². The second-order valence-corrected chi connectivity index (χ2v) is 8.23. The van der Waals surface area contributed by atoms with E-state index in [-0.39, 0.29) is 11.9 Å². The molecule has 3 amide bonds. The van der Waals surface area contributed by atoms with Gasteiger partial charge in [0, 0.05) is 36.9 Å². The van der Waals surface area contributed by atoms with E-state index in [2.05, 4.69) is 10.2 Å². The van der Waals surface area contributed by atoms with E-state index in [1.165, 1.54) is 25.7 Å². The van der Waals surface area contributed by atoms with Gasteiger partial charge in [0.2, 0.25) is 0 Å². The van der Waals surface area contributed by atoms with Crippen molar-refractivity contribution in [3.63, 3.8) is 0 Å². The summed E-state index contributed by atoms with van der Waals surface area (Å²) in [5.74, 6) is 0.881. The zero-order valence-electron chi connectivity index (χ0n) is 16.4. The lowest BCUT2D eigenvalue weighted by molar-refractivity contribution is 0.0390. The third kappa shape index (κ3) is 3.56. The molecule has 1 unspecified atom stereocenters. The van der Waals surface area contributed by atoms with E-state index >= 15 is 0 Å². The maximum Gasteiger partial charge on any atom is 0.321 e. The fraction of sp³-hybridized carbons (Fsp3) is 0.636. The van der Waals surface area contributed by atoms with Crippen LogP contribution in [0, 0.1) is 5.92 Å². The minimum Gasteiger partial charge on any atom is -0.338 e. The van der Waals surface area contributed by atoms with Crippen LogP contribution in [0.3, 0.4) is 0 Å². The number of rotatable bonds is 3. The number of nitrogens with one attached hydrogen (secondary N) is 1. The summed E-state index contributed by atoms with van der Waals surface area (Å²) in [5, 5.41) is 2.95. The van der Waals surface area contributed by atoms with Crippen LogP contribution in [-0.4, -0.2) is 42.5 Å². The van der Waals surface area contributed by atoms with Gasteiger partial charge in [-0.2, -0.15) is 0 Å². The quantitative estimate of drug-likeness (QED) is 0.877. The van der Waals surface area contributed by atoms with Crippen LogP contribution >= 0.6 is 0 Å². The molecule has 0 spiro atoms. The molecule has 4 rings (SSSR count). The van der Waals surface area contributed by atoms with Crippen molar-refractivity contribution in [2.75, 3.05) is 24.5 Å². The summed E-state index contributed by atoms with van der Waals surface area (Å²) >= 11 is 0. The van der Waals surface area contributed by atoms with E-state index in [4.69, 9.17) is 0 Å². The Balaban J connectivity index is 1.50. The van der Waals surface area contributed by atoms with Gasteiger partial charge in [-0.05, 0) is 68.2 Å². The van der Waals surface area contributed by atoms with E-state index in [1.54, 1.807) is 4.90 Å². The first kappa shape index (κ1) is 18.3. The normalized spacial score (nSPS) is 24.3. The standard InChI is InChI=1S/C22H31N3O2/c1-2-12-23-22(27)25-14-11-17-15-18(9-10-20(17)25)21(26)24-13-5-7-16-6-3-4-8-19(16)24/h9-10,15-16,19H,2-8,11-14H2,1H3,(H,23,27)/t16-,19?/m1/s1. The van der Waals surface area contributed by atoms with Crippen LogP contribution < -0.4 is 10.2 Å². The second kappa shape index (κ2) is 7.91. The van der Waals surface area contributed by atoms with Crippen LogP contribution in [0.4, 0.5) is 10.5 Å².